The van der Waals surface area contributed by atoms with Gasteiger partial charge in [-0.3, -0.25) is 9.59 Å². The SMILES string of the molecule is O=C1C(=O)N2CCCCC2CN1Cc1nnc(-c2ccccc2)s1. The van der Waals surface area contributed by atoms with Gasteiger partial charge in [0.2, 0.25) is 0 Å². The smallest absolute Gasteiger partial charge is 0.312 e. The highest BCUT2D eigenvalue weighted by molar-refractivity contribution is 7.14. The fraction of sp³-hybridized carbons (Fsp3) is 0.412. The minimum absolute atomic E-state index is 0.158. The van der Waals surface area contributed by atoms with Crippen LogP contribution >= 0.6 is 11.3 Å². The summed E-state index contributed by atoms with van der Waals surface area (Å²) >= 11 is 1.47. The molecule has 7 heteroatoms. The molecule has 4 rings (SSSR count). The zero-order valence-corrected chi connectivity index (χ0v) is 14.0. The molecule has 1 aromatic carbocycles. The Morgan fingerprint density at radius 2 is 1.92 bits per heavy atom. The summed E-state index contributed by atoms with van der Waals surface area (Å²) in [5, 5.41) is 10.0. The lowest BCUT2D eigenvalue weighted by atomic mass is 9.99. The van der Waals surface area contributed by atoms with Crippen LogP contribution in [0.25, 0.3) is 10.6 Å². The Morgan fingerprint density at radius 3 is 2.75 bits per heavy atom. The summed E-state index contributed by atoms with van der Waals surface area (Å²) in [5.41, 5.74) is 1.01. The van der Waals surface area contributed by atoms with Gasteiger partial charge in [0.25, 0.3) is 0 Å². The molecule has 2 saturated heterocycles. The molecule has 3 heterocycles. The van der Waals surface area contributed by atoms with E-state index in [0.717, 1.165) is 34.8 Å². The van der Waals surface area contributed by atoms with Crippen LogP contribution in [0.2, 0.25) is 0 Å². The number of benzene rings is 1. The van der Waals surface area contributed by atoms with Crippen molar-refractivity contribution in [3.8, 4) is 10.6 Å². The van der Waals surface area contributed by atoms with Crippen molar-refractivity contribution in [3.63, 3.8) is 0 Å². The van der Waals surface area contributed by atoms with Crippen LogP contribution in [0.1, 0.15) is 24.3 Å². The van der Waals surface area contributed by atoms with Gasteiger partial charge < -0.3 is 9.80 Å². The molecule has 1 aromatic heterocycles. The van der Waals surface area contributed by atoms with Crippen LogP contribution in [0.15, 0.2) is 30.3 Å². The molecule has 0 bridgehead atoms. The van der Waals surface area contributed by atoms with Gasteiger partial charge in [-0.25, -0.2) is 0 Å². The van der Waals surface area contributed by atoms with Crippen molar-refractivity contribution in [2.45, 2.75) is 31.8 Å². The van der Waals surface area contributed by atoms with Gasteiger partial charge in [0, 0.05) is 24.7 Å². The molecule has 2 aliphatic rings. The molecule has 124 valence electrons. The van der Waals surface area contributed by atoms with Crippen molar-refractivity contribution >= 4 is 23.2 Å². The lowest BCUT2D eigenvalue weighted by Crippen LogP contribution is -2.60. The van der Waals surface area contributed by atoms with Crippen LogP contribution in [-0.2, 0) is 16.1 Å². The number of carbonyl (C=O) groups is 2. The second-order valence-electron chi connectivity index (χ2n) is 6.20. The summed E-state index contributed by atoms with van der Waals surface area (Å²) in [4.78, 5) is 28.0. The molecule has 0 radical (unpaired) electrons. The van der Waals surface area contributed by atoms with Crippen LogP contribution < -0.4 is 0 Å². The van der Waals surface area contributed by atoms with Crippen molar-refractivity contribution in [3.05, 3.63) is 35.3 Å². The Kier molecular flexibility index (Phi) is 4.02. The van der Waals surface area contributed by atoms with Gasteiger partial charge in [-0.15, -0.1) is 10.2 Å². The molecular weight excluding hydrogens is 324 g/mol. The number of nitrogens with zero attached hydrogens (tertiary/aromatic N) is 4. The fourth-order valence-electron chi connectivity index (χ4n) is 3.37. The molecular formula is C17H18N4O2S. The summed E-state index contributed by atoms with van der Waals surface area (Å²) in [7, 11) is 0. The number of hydrogen-bond acceptors (Lipinski definition) is 5. The molecule has 2 aromatic rings. The van der Waals surface area contributed by atoms with E-state index >= 15 is 0 Å². The molecule has 2 amide bonds. The first-order valence-corrected chi connectivity index (χ1v) is 9.02. The maximum atomic E-state index is 12.4. The lowest BCUT2D eigenvalue weighted by molar-refractivity contribution is -0.160. The molecule has 24 heavy (non-hydrogen) atoms. The fourth-order valence-corrected chi connectivity index (χ4v) is 4.23. The third kappa shape index (κ3) is 2.80. The van der Waals surface area contributed by atoms with Gasteiger partial charge >= 0.3 is 11.8 Å². The van der Waals surface area contributed by atoms with E-state index in [2.05, 4.69) is 10.2 Å². The largest absolute Gasteiger partial charge is 0.330 e. The maximum Gasteiger partial charge on any atom is 0.312 e. The van der Waals surface area contributed by atoms with Crippen molar-refractivity contribution in [1.82, 2.24) is 20.0 Å². The van der Waals surface area contributed by atoms with Crippen LogP contribution in [0.4, 0.5) is 0 Å². The van der Waals surface area contributed by atoms with E-state index in [4.69, 9.17) is 0 Å². The predicted octanol–water partition coefficient (Wildman–Crippen LogP) is 1.93. The summed E-state index contributed by atoms with van der Waals surface area (Å²) in [6.07, 6.45) is 3.08. The number of rotatable bonds is 3. The summed E-state index contributed by atoms with van der Waals surface area (Å²) in [6, 6.07) is 10.0. The van der Waals surface area contributed by atoms with E-state index in [9.17, 15) is 9.59 Å². The Bertz CT molecular complexity index is 761. The molecule has 1 unspecified atom stereocenters. The summed E-state index contributed by atoms with van der Waals surface area (Å²) < 4.78 is 0. The van der Waals surface area contributed by atoms with Gasteiger partial charge in [-0.05, 0) is 19.3 Å². The number of fused-ring (bicyclic) bond motifs is 1. The molecule has 6 nitrogen and oxygen atoms in total. The minimum atomic E-state index is -0.412. The highest BCUT2D eigenvalue weighted by Gasteiger charge is 2.40. The zero-order valence-electron chi connectivity index (χ0n) is 13.2. The van der Waals surface area contributed by atoms with Crippen molar-refractivity contribution in [2.24, 2.45) is 0 Å². The average molecular weight is 342 g/mol. The van der Waals surface area contributed by atoms with E-state index in [-0.39, 0.29) is 11.9 Å². The molecule has 2 fully saturated rings. The van der Waals surface area contributed by atoms with E-state index in [1.807, 2.05) is 30.3 Å². The number of amides is 2. The number of hydrogen-bond donors (Lipinski definition) is 0. The Hall–Kier alpha value is -2.28. The lowest BCUT2D eigenvalue weighted by Gasteiger charge is -2.42. The Labute approximate surface area is 144 Å². The van der Waals surface area contributed by atoms with Gasteiger partial charge in [-0.1, -0.05) is 41.7 Å². The summed E-state index contributed by atoms with van der Waals surface area (Å²) in [5.74, 6) is -0.775. The van der Waals surface area contributed by atoms with Crippen LogP contribution in [0, 0.1) is 0 Å². The summed E-state index contributed by atoms with van der Waals surface area (Å²) in [6.45, 7) is 1.67. The van der Waals surface area contributed by atoms with Crippen molar-refractivity contribution < 1.29 is 9.59 Å². The first kappa shape index (κ1) is 15.3. The number of piperazine rings is 1. The third-order valence-electron chi connectivity index (χ3n) is 4.60. The van der Waals surface area contributed by atoms with Gasteiger partial charge in [0.1, 0.15) is 10.0 Å². The zero-order chi connectivity index (χ0) is 16.5. The van der Waals surface area contributed by atoms with Gasteiger partial charge in [-0.2, -0.15) is 0 Å². The second kappa shape index (κ2) is 6.32. The number of carbonyl (C=O) groups excluding carboxylic acids is 2. The van der Waals surface area contributed by atoms with Crippen LogP contribution in [-0.4, -0.2) is 50.9 Å². The molecule has 0 N–H and O–H groups in total. The third-order valence-corrected chi connectivity index (χ3v) is 5.56. The van der Waals surface area contributed by atoms with Crippen LogP contribution in [0.3, 0.4) is 0 Å². The maximum absolute atomic E-state index is 12.4. The van der Waals surface area contributed by atoms with Crippen molar-refractivity contribution in [1.29, 1.82) is 0 Å². The van der Waals surface area contributed by atoms with Crippen LogP contribution in [0.5, 0.6) is 0 Å². The number of piperidine rings is 1. The van der Waals surface area contributed by atoms with Gasteiger partial charge in [0.05, 0.1) is 6.54 Å². The second-order valence-corrected chi connectivity index (χ2v) is 7.26. The Balaban J connectivity index is 1.50. The number of aromatic nitrogens is 2. The highest BCUT2D eigenvalue weighted by Crippen LogP contribution is 2.26. The minimum Gasteiger partial charge on any atom is -0.330 e. The highest BCUT2D eigenvalue weighted by atomic mass is 32.1. The van der Waals surface area contributed by atoms with Crippen molar-refractivity contribution in [2.75, 3.05) is 13.1 Å². The molecule has 0 saturated carbocycles. The predicted molar refractivity (Wildman–Crippen MR) is 90.1 cm³/mol. The molecule has 0 spiro atoms. The van der Waals surface area contributed by atoms with E-state index in [1.54, 1.807) is 9.80 Å². The topological polar surface area (TPSA) is 66.4 Å². The quantitative estimate of drug-likeness (QED) is 0.800. The standard InChI is InChI=1S/C17H18N4O2S/c22-16-17(23)21-9-5-4-8-13(21)10-20(16)11-14-18-19-15(24-14)12-6-2-1-3-7-12/h1-3,6-7,13H,4-5,8-11H2. The normalized spacial score (nSPS) is 21.1. The molecule has 1 atom stereocenters. The van der Waals surface area contributed by atoms with E-state index < -0.39 is 5.91 Å². The Morgan fingerprint density at radius 1 is 1.08 bits per heavy atom. The molecule has 2 aliphatic heterocycles. The van der Waals surface area contributed by atoms with E-state index in [0.29, 0.717) is 19.6 Å². The van der Waals surface area contributed by atoms with Gasteiger partial charge in [0.15, 0.2) is 0 Å². The molecule has 0 aliphatic carbocycles. The first-order chi connectivity index (χ1) is 11.7. The van der Waals surface area contributed by atoms with E-state index in [1.165, 1.54) is 11.3 Å². The first-order valence-electron chi connectivity index (χ1n) is 8.20. The monoisotopic (exact) mass is 342 g/mol. The average Bonchev–Trinajstić information content (AvgIpc) is 3.09.